The number of carboxylic acids is 1. The molecule has 1 unspecified atom stereocenters. The Labute approximate surface area is 215 Å². The number of hydrogen-bond acceptors (Lipinski definition) is 6. The molecule has 0 saturated carbocycles. The quantitative estimate of drug-likeness (QED) is 0.423. The largest absolute Gasteiger partial charge is 0.481 e. The fraction of sp³-hybridized carbons (Fsp3) is 0.481. The number of allylic oxidation sites excluding steroid dienone is 2. The van der Waals surface area contributed by atoms with E-state index in [1.54, 1.807) is 7.05 Å². The molecule has 198 valence electrons. The van der Waals surface area contributed by atoms with Crippen molar-refractivity contribution in [1.29, 1.82) is 0 Å². The van der Waals surface area contributed by atoms with Crippen LogP contribution in [-0.4, -0.2) is 48.9 Å². The van der Waals surface area contributed by atoms with Crippen LogP contribution in [0.3, 0.4) is 0 Å². The molecule has 3 N–H and O–H groups in total. The number of rotatable bonds is 9. The van der Waals surface area contributed by atoms with Gasteiger partial charge in [0.25, 0.3) is 5.56 Å². The topological polar surface area (TPSA) is 128 Å². The van der Waals surface area contributed by atoms with Crippen molar-refractivity contribution in [2.24, 2.45) is 12.8 Å². The molecule has 1 aliphatic rings. The normalized spacial score (nSPS) is 15.8. The molecule has 1 atom stereocenters. The molecule has 0 aliphatic carbocycles. The van der Waals surface area contributed by atoms with Crippen LogP contribution in [-0.2, 0) is 37.8 Å². The van der Waals surface area contributed by atoms with Crippen LogP contribution < -0.4 is 21.9 Å². The smallest absolute Gasteiger partial charge is 0.332 e. The molecular formula is C27H36N6O4. The predicted molar refractivity (Wildman–Crippen MR) is 144 cm³/mol. The van der Waals surface area contributed by atoms with Crippen molar-refractivity contribution in [2.45, 2.75) is 65.1 Å². The molecule has 3 heterocycles. The molecule has 10 nitrogen and oxygen atoms in total. The summed E-state index contributed by atoms with van der Waals surface area (Å²) in [5.74, 6) is -0.158. The Balaban J connectivity index is 1.70. The van der Waals surface area contributed by atoms with E-state index in [0.717, 1.165) is 36.1 Å². The van der Waals surface area contributed by atoms with Gasteiger partial charge in [0, 0.05) is 45.7 Å². The monoisotopic (exact) mass is 508 g/mol. The Kier molecular flexibility index (Phi) is 7.97. The number of anilines is 1. The summed E-state index contributed by atoms with van der Waals surface area (Å²) < 4.78 is 4.65. The average Bonchev–Trinajstić information content (AvgIpc) is 3.25. The summed E-state index contributed by atoms with van der Waals surface area (Å²) in [6, 6.07) is 7.67. The van der Waals surface area contributed by atoms with Crippen molar-refractivity contribution in [3.05, 3.63) is 67.9 Å². The molecule has 1 fully saturated rings. The van der Waals surface area contributed by atoms with E-state index in [0.29, 0.717) is 43.0 Å². The van der Waals surface area contributed by atoms with Crippen LogP contribution in [0.2, 0.25) is 0 Å². The minimum absolute atomic E-state index is 0.0430. The summed E-state index contributed by atoms with van der Waals surface area (Å²) in [5.41, 5.74) is 9.31. The summed E-state index contributed by atoms with van der Waals surface area (Å²) in [6.45, 7) is 6.19. The second-order valence-corrected chi connectivity index (χ2v) is 10.1. The van der Waals surface area contributed by atoms with Gasteiger partial charge >= 0.3 is 11.7 Å². The lowest BCUT2D eigenvalue weighted by atomic mass is 10.1. The number of nitrogens with zero attached hydrogens (tertiary/aromatic N) is 5. The minimum Gasteiger partial charge on any atom is -0.481 e. The van der Waals surface area contributed by atoms with E-state index < -0.39 is 11.7 Å². The van der Waals surface area contributed by atoms with Gasteiger partial charge < -0.3 is 20.3 Å². The van der Waals surface area contributed by atoms with Gasteiger partial charge in [0.2, 0.25) is 5.95 Å². The van der Waals surface area contributed by atoms with Crippen LogP contribution in [0.4, 0.5) is 5.95 Å². The fourth-order valence-corrected chi connectivity index (χ4v) is 4.80. The molecule has 1 aromatic carbocycles. The Morgan fingerprint density at radius 1 is 1.14 bits per heavy atom. The first-order valence-corrected chi connectivity index (χ1v) is 12.8. The van der Waals surface area contributed by atoms with Crippen molar-refractivity contribution in [3.63, 3.8) is 0 Å². The molecule has 0 radical (unpaired) electrons. The zero-order chi connectivity index (χ0) is 26.7. The third kappa shape index (κ3) is 5.85. The highest BCUT2D eigenvalue weighted by molar-refractivity contribution is 5.74. The van der Waals surface area contributed by atoms with Crippen LogP contribution >= 0.6 is 0 Å². The van der Waals surface area contributed by atoms with E-state index in [-0.39, 0.29) is 24.6 Å². The Morgan fingerprint density at radius 3 is 2.43 bits per heavy atom. The lowest BCUT2D eigenvalue weighted by Gasteiger charge is -2.31. The highest BCUT2D eigenvalue weighted by Crippen LogP contribution is 2.23. The number of benzene rings is 1. The SMILES string of the molecule is CC(C)=CCn1c(N2CCCC(N)C2)nc2c1c(=O)n(CCc1ccc(CCC(=O)O)cc1)c(=O)n2C. The van der Waals surface area contributed by atoms with Crippen molar-refractivity contribution in [3.8, 4) is 0 Å². The number of imidazole rings is 1. The van der Waals surface area contributed by atoms with Crippen LogP contribution in [0.25, 0.3) is 11.2 Å². The molecule has 4 rings (SSSR count). The number of aliphatic carboxylic acids is 1. The molecular weight excluding hydrogens is 472 g/mol. The standard InChI is InChI=1S/C27H36N6O4/c1-18(2)12-15-32-23-24(29-26(32)31-14-4-5-21(28)17-31)30(3)27(37)33(25(23)36)16-13-20-8-6-19(7-9-20)10-11-22(34)35/h6-9,12,21H,4-5,10-11,13-17,28H2,1-3H3,(H,34,35). The Morgan fingerprint density at radius 2 is 1.81 bits per heavy atom. The first-order valence-electron chi connectivity index (χ1n) is 12.8. The number of fused-ring (bicyclic) bond motifs is 1. The third-order valence-electron chi connectivity index (χ3n) is 6.91. The maximum atomic E-state index is 13.7. The van der Waals surface area contributed by atoms with Gasteiger partial charge in [0.1, 0.15) is 0 Å². The van der Waals surface area contributed by atoms with Gasteiger partial charge in [0.05, 0.1) is 0 Å². The number of carbonyl (C=O) groups is 1. The molecule has 0 amide bonds. The van der Waals surface area contributed by atoms with Gasteiger partial charge in [0.15, 0.2) is 11.2 Å². The highest BCUT2D eigenvalue weighted by Gasteiger charge is 2.26. The molecule has 3 aromatic rings. The zero-order valence-corrected chi connectivity index (χ0v) is 21.8. The van der Waals surface area contributed by atoms with Gasteiger partial charge in [-0.2, -0.15) is 4.98 Å². The molecule has 37 heavy (non-hydrogen) atoms. The summed E-state index contributed by atoms with van der Waals surface area (Å²) in [6.07, 6.45) is 5.00. The number of aryl methyl sites for hydroxylation is 3. The summed E-state index contributed by atoms with van der Waals surface area (Å²) in [7, 11) is 1.65. The number of hydrogen-bond donors (Lipinski definition) is 2. The fourth-order valence-electron chi connectivity index (χ4n) is 4.80. The minimum atomic E-state index is -0.829. The zero-order valence-electron chi connectivity index (χ0n) is 21.8. The second-order valence-electron chi connectivity index (χ2n) is 10.1. The van der Waals surface area contributed by atoms with E-state index in [2.05, 4.69) is 11.0 Å². The molecule has 2 aromatic heterocycles. The molecule has 0 bridgehead atoms. The van der Waals surface area contributed by atoms with Gasteiger partial charge in [-0.1, -0.05) is 35.9 Å². The van der Waals surface area contributed by atoms with Gasteiger partial charge in [-0.05, 0) is 50.7 Å². The Bertz CT molecular complexity index is 1430. The van der Waals surface area contributed by atoms with Gasteiger partial charge in [-0.25, -0.2) is 4.79 Å². The third-order valence-corrected chi connectivity index (χ3v) is 6.91. The lowest BCUT2D eigenvalue weighted by Crippen LogP contribution is -2.44. The van der Waals surface area contributed by atoms with E-state index in [9.17, 15) is 14.4 Å². The maximum absolute atomic E-state index is 13.7. The highest BCUT2D eigenvalue weighted by atomic mass is 16.4. The molecule has 10 heteroatoms. The lowest BCUT2D eigenvalue weighted by molar-refractivity contribution is -0.136. The van der Waals surface area contributed by atoms with E-state index in [1.165, 1.54) is 9.13 Å². The number of nitrogens with two attached hydrogens (primary N) is 1. The second kappa shape index (κ2) is 11.2. The summed E-state index contributed by atoms with van der Waals surface area (Å²) in [4.78, 5) is 44.6. The maximum Gasteiger partial charge on any atom is 0.332 e. The van der Waals surface area contributed by atoms with Crippen molar-refractivity contribution < 1.29 is 9.90 Å². The predicted octanol–water partition coefficient (Wildman–Crippen LogP) is 2.05. The summed E-state index contributed by atoms with van der Waals surface area (Å²) >= 11 is 0. The van der Waals surface area contributed by atoms with Crippen LogP contribution in [0, 0.1) is 0 Å². The van der Waals surface area contributed by atoms with Crippen LogP contribution in [0.1, 0.15) is 44.2 Å². The number of aromatic nitrogens is 4. The first-order chi connectivity index (χ1) is 17.7. The van der Waals surface area contributed by atoms with Crippen LogP contribution in [0.15, 0.2) is 45.5 Å². The van der Waals surface area contributed by atoms with Crippen molar-refractivity contribution in [2.75, 3.05) is 18.0 Å². The van der Waals surface area contributed by atoms with Crippen LogP contribution in [0.5, 0.6) is 0 Å². The summed E-state index contributed by atoms with van der Waals surface area (Å²) in [5, 5.41) is 8.88. The number of carboxylic acid groups (broad SMARTS) is 1. The Hall–Kier alpha value is -3.66. The molecule has 1 aliphatic heterocycles. The first kappa shape index (κ1) is 26.4. The molecule has 1 saturated heterocycles. The van der Waals surface area contributed by atoms with E-state index in [1.807, 2.05) is 42.7 Å². The van der Waals surface area contributed by atoms with Gasteiger partial charge in [-0.3, -0.25) is 18.7 Å². The van der Waals surface area contributed by atoms with Crippen molar-refractivity contribution in [1.82, 2.24) is 18.7 Å². The van der Waals surface area contributed by atoms with Gasteiger partial charge in [-0.15, -0.1) is 0 Å². The molecule has 0 spiro atoms. The average molecular weight is 509 g/mol. The van der Waals surface area contributed by atoms with E-state index in [4.69, 9.17) is 15.8 Å². The van der Waals surface area contributed by atoms with E-state index >= 15 is 0 Å². The van der Waals surface area contributed by atoms with Crippen molar-refractivity contribution >= 4 is 23.1 Å². The number of piperidine rings is 1.